The van der Waals surface area contributed by atoms with Crippen molar-refractivity contribution in [3.63, 3.8) is 0 Å². The van der Waals surface area contributed by atoms with Crippen LogP contribution >= 0.6 is 0 Å². The van der Waals surface area contributed by atoms with Gasteiger partial charge in [0, 0.05) is 18.5 Å². The highest BCUT2D eigenvalue weighted by atomic mass is 16.5. The van der Waals surface area contributed by atoms with Crippen LogP contribution in [0.1, 0.15) is 35.8 Å². The van der Waals surface area contributed by atoms with Gasteiger partial charge in [0.25, 0.3) is 11.5 Å². The molecule has 1 aromatic heterocycles. The molecule has 0 fully saturated rings. The Bertz CT molecular complexity index is 1060. The van der Waals surface area contributed by atoms with Gasteiger partial charge >= 0.3 is 5.97 Å². The molecule has 0 aliphatic carbocycles. The van der Waals surface area contributed by atoms with Crippen molar-refractivity contribution in [3.8, 4) is 0 Å². The summed E-state index contributed by atoms with van der Waals surface area (Å²) in [5.74, 6) is -1.15. The summed E-state index contributed by atoms with van der Waals surface area (Å²) in [5.41, 5.74) is 0.737. The molecule has 3 aromatic rings. The number of nitrogens with zero attached hydrogens (tertiary/aromatic N) is 2. The quantitative estimate of drug-likeness (QED) is 0.594. The van der Waals surface area contributed by atoms with Gasteiger partial charge in [-0.25, -0.2) is 9.48 Å². The molecule has 1 N–H and O–H groups in total. The minimum absolute atomic E-state index is 0.0344. The molecule has 0 unspecified atom stereocenters. The number of carbonyl (C=O) groups excluding carboxylic acids is 2. The monoisotopic (exact) mass is 393 g/mol. The number of ether oxygens (including phenoxy) is 1. The van der Waals surface area contributed by atoms with E-state index in [0.717, 1.165) is 18.4 Å². The summed E-state index contributed by atoms with van der Waals surface area (Å²) >= 11 is 0. The third-order valence-electron chi connectivity index (χ3n) is 4.45. The molecule has 29 heavy (non-hydrogen) atoms. The Hall–Kier alpha value is -3.48. The molecule has 7 nitrogen and oxygen atoms in total. The van der Waals surface area contributed by atoms with Crippen LogP contribution in [0.15, 0.2) is 59.4 Å². The number of esters is 1. The highest BCUT2D eigenvalue weighted by Crippen LogP contribution is 2.14. The summed E-state index contributed by atoms with van der Waals surface area (Å²) in [6.07, 6.45) is 1.66. The van der Waals surface area contributed by atoms with E-state index in [2.05, 4.69) is 10.4 Å². The van der Waals surface area contributed by atoms with Crippen LogP contribution in [0.4, 0.5) is 0 Å². The maximum Gasteiger partial charge on any atom is 0.359 e. The smallest absolute Gasteiger partial charge is 0.359 e. The van der Waals surface area contributed by atoms with E-state index in [1.165, 1.54) is 4.68 Å². The molecule has 0 atom stereocenters. The van der Waals surface area contributed by atoms with Crippen molar-refractivity contribution in [1.29, 1.82) is 0 Å². The first kappa shape index (κ1) is 20.3. The van der Waals surface area contributed by atoms with Gasteiger partial charge < -0.3 is 10.1 Å². The first-order valence-electron chi connectivity index (χ1n) is 9.57. The Balaban J connectivity index is 1.72. The maximum atomic E-state index is 12.6. The SMILES string of the molecule is CCCCn1nc(C(=O)OCC(=O)NCc2ccccc2)c2ccccc2c1=O. The summed E-state index contributed by atoms with van der Waals surface area (Å²) < 4.78 is 6.45. The summed E-state index contributed by atoms with van der Waals surface area (Å²) in [6.45, 7) is 2.35. The van der Waals surface area contributed by atoms with E-state index in [4.69, 9.17) is 4.74 Å². The van der Waals surface area contributed by atoms with Crippen LogP contribution in [0, 0.1) is 0 Å². The minimum atomic E-state index is -0.735. The fraction of sp³-hybridized carbons (Fsp3) is 0.273. The van der Waals surface area contributed by atoms with Gasteiger partial charge in [-0.2, -0.15) is 5.10 Å². The Morgan fingerprint density at radius 1 is 1.03 bits per heavy atom. The molecule has 0 saturated heterocycles. The molecular weight excluding hydrogens is 370 g/mol. The predicted molar refractivity (Wildman–Crippen MR) is 109 cm³/mol. The molecule has 7 heteroatoms. The fourth-order valence-electron chi connectivity index (χ4n) is 2.89. The topological polar surface area (TPSA) is 90.3 Å². The Morgan fingerprint density at radius 2 is 1.72 bits per heavy atom. The van der Waals surface area contributed by atoms with E-state index in [1.807, 2.05) is 37.3 Å². The Morgan fingerprint density at radius 3 is 2.45 bits per heavy atom. The lowest BCUT2D eigenvalue weighted by Gasteiger charge is -2.11. The van der Waals surface area contributed by atoms with Crippen molar-refractivity contribution in [2.75, 3.05) is 6.61 Å². The van der Waals surface area contributed by atoms with E-state index in [1.54, 1.807) is 24.3 Å². The van der Waals surface area contributed by atoms with E-state index in [0.29, 0.717) is 23.9 Å². The molecule has 0 aliphatic rings. The molecule has 150 valence electrons. The zero-order valence-corrected chi connectivity index (χ0v) is 16.3. The number of amides is 1. The first-order chi connectivity index (χ1) is 14.1. The first-order valence-corrected chi connectivity index (χ1v) is 9.57. The van der Waals surface area contributed by atoms with Crippen molar-refractivity contribution in [3.05, 3.63) is 76.2 Å². The molecule has 1 amide bonds. The second-order valence-corrected chi connectivity index (χ2v) is 6.61. The van der Waals surface area contributed by atoms with Gasteiger partial charge in [0.2, 0.25) is 0 Å². The molecular formula is C22H23N3O4. The Labute approximate surface area is 168 Å². The molecule has 0 saturated carbocycles. The van der Waals surface area contributed by atoms with E-state index >= 15 is 0 Å². The van der Waals surface area contributed by atoms with Crippen LogP contribution in [-0.2, 0) is 22.6 Å². The standard InChI is InChI=1S/C22H23N3O4/c1-2-3-13-25-21(27)18-12-8-7-11-17(18)20(24-25)22(28)29-15-19(26)23-14-16-9-5-4-6-10-16/h4-12H,2-3,13-15H2,1H3,(H,23,26). The third kappa shape index (κ3) is 5.07. The number of fused-ring (bicyclic) bond motifs is 1. The number of unbranched alkanes of at least 4 members (excludes halogenated alkanes) is 1. The number of rotatable bonds is 8. The summed E-state index contributed by atoms with van der Waals surface area (Å²) in [5, 5.41) is 7.73. The lowest BCUT2D eigenvalue weighted by atomic mass is 10.1. The zero-order valence-electron chi connectivity index (χ0n) is 16.3. The average Bonchev–Trinajstić information content (AvgIpc) is 2.76. The normalized spacial score (nSPS) is 10.7. The van der Waals surface area contributed by atoms with Gasteiger partial charge in [-0.3, -0.25) is 9.59 Å². The number of aromatic nitrogens is 2. The van der Waals surface area contributed by atoms with Crippen molar-refractivity contribution < 1.29 is 14.3 Å². The Kier molecular flexibility index (Phi) is 6.73. The van der Waals surface area contributed by atoms with Crippen molar-refractivity contribution in [1.82, 2.24) is 15.1 Å². The fourth-order valence-corrected chi connectivity index (χ4v) is 2.89. The van der Waals surface area contributed by atoms with Gasteiger partial charge in [0.05, 0.1) is 5.39 Å². The van der Waals surface area contributed by atoms with Crippen molar-refractivity contribution in [2.24, 2.45) is 0 Å². The van der Waals surface area contributed by atoms with Gasteiger partial charge in [0.15, 0.2) is 12.3 Å². The van der Waals surface area contributed by atoms with Gasteiger partial charge in [-0.1, -0.05) is 61.9 Å². The van der Waals surface area contributed by atoms with E-state index in [-0.39, 0.29) is 11.3 Å². The van der Waals surface area contributed by atoms with Gasteiger partial charge in [-0.05, 0) is 18.1 Å². The second-order valence-electron chi connectivity index (χ2n) is 6.61. The van der Waals surface area contributed by atoms with E-state index < -0.39 is 18.5 Å². The number of hydrogen-bond donors (Lipinski definition) is 1. The van der Waals surface area contributed by atoms with Crippen LogP contribution in [-0.4, -0.2) is 28.3 Å². The lowest BCUT2D eigenvalue weighted by Crippen LogP contribution is -2.30. The van der Waals surface area contributed by atoms with Gasteiger partial charge in [-0.15, -0.1) is 0 Å². The second kappa shape index (κ2) is 9.64. The van der Waals surface area contributed by atoms with E-state index in [9.17, 15) is 14.4 Å². The summed E-state index contributed by atoms with van der Waals surface area (Å²) in [7, 11) is 0. The number of benzene rings is 2. The van der Waals surface area contributed by atoms with Crippen LogP contribution < -0.4 is 10.9 Å². The lowest BCUT2D eigenvalue weighted by molar-refractivity contribution is -0.124. The van der Waals surface area contributed by atoms with Crippen LogP contribution in [0.2, 0.25) is 0 Å². The molecule has 0 aliphatic heterocycles. The highest BCUT2D eigenvalue weighted by Gasteiger charge is 2.18. The van der Waals surface area contributed by atoms with Crippen LogP contribution in [0.5, 0.6) is 0 Å². The number of nitrogens with one attached hydrogen (secondary N) is 1. The third-order valence-corrected chi connectivity index (χ3v) is 4.45. The van der Waals surface area contributed by atoms with Crippen LogP contribution in [0.3, 0.4) is 0 Å². The molecule has 1 heterocycles. The highest BCUT2D eigenvalue weighted by molar-refractivity contribution is 6.02. The molecule has 3 rings (SSSR count). The molecule has 0 spiro atoms. The van der Waals surface area contributed by atoms with Crippen molar-refractivity contribution >= 4 is 22.6 Å². The number of hydrogen-bond acceptors (Lipinski definition) is 5. The van der Waals surface area contributed by atoms with Crippen molar-refractivity contribution in [2.45, 2.75) is 32.9 Å². The number of carbonyl (C=O) groups is 2. The van der Waals surface area contributed by atoms with Crippen LogP contribution in [0.25, 0.3) is 10.8 Å². The summed E-state index contributed by atoms with van der Waals surface area (Å²) in [6, 6.07) is 16.2. The van der Waals surface area contributed by atoms with Gasteiger partial charge in [0.1, 0.15) is 0 Å². The average molecular weight is 393 g/mol. The molecule has 2 aromatic carbocycles. The molecule has 0 radical (unpaired) electrons. The maximum absolute atomic E-state index is 12.6. The minimum Gasteiger partial charge on any atom is -0.451 e. The largest absolute Gasteiger partial charge is 0.451 e. The zero-order chi connectivity index (χ0) is 20.6. The number of aryl methyl sites for hydroxylation is 1. The summed E-state index contributed by atoms with van der Waals surface area (Å²) in [4.78, 5) is 37.2. The molecule has 0 bridgehead atoms. The predicted octanol–water partition coefficient (Wildman–Crippen LogP) is 2.67.